The predicted octanol–water partition coefficient (Wildman–Crippen LogP) is 13.6. The molecule has 2 aromatic heterocycles. The average molecular weight is 762 g/mol. The number of anilines is 2. The molecule has 1 aliphatic carbocycles. The minimum atomic E-state index is -0.240. The van der Waals surface area contributed by atoms with Crippen LogP contribution >= 0.6 is 0 Å². The Labute approximate surface area is 347 Å². The average Bonchev–Trinajstić information content (AvgIpc) is 3.83. The zero-order valence-corrected chi connectivity index (χ0v) is 35.3. The molecular weight excluding hydrogens is 713 g/mol. The van der Waals surface area contributed by atoms with Gasteiger partial charge in [0.05, 0.1) is 11.0 Å². The third kappa shape index (κ3) is 4.50. The Balaban J connectivity index is 1.30. The summed E-state index contributed by atoms with van der Waals surface area (Å²) in [5.41, 5.74) is 20.8. The van der Waals surface area contributed by atoms with Crippen LogP contribution in [0.5, 0.6) is 0 Å². The number of benzene rings is 7. The molecule has 0 radical (unpaired) electrons. The van der Waals surface area contributed by atoms with Crippen molar-refractivity contribution in [3.63, 3.8) is 0 Å². The summed E-state index contributed by atoms with van der Waals surface area (Å²) in [5.74, 6) is 0. The van der Waals surface area contributed by atoms with Crippen LogP contribution < -0.4 is 10.4 Å². The van der Waals surface area contributed by atoms with E-state index >= 15 is 0 Å². The first-order chi connectivity index (χ1) is 28.3. The summed E-state index contributed by atoms with van der Waals surface area (Å²) in [6, 6.07) is 55.5. The molecule has 0 N–H and O–H groups in total. The van der Waals surface area contributed by atoms with Gasteiger partial charge in [0, 0.05) is 71.9 Å². The second-order valence-corrected chi connectivity index (χ2v) is 19.8. The molecule has 0 bridgehead atoms. The van der Waals surface area contributed by atoms with E-state index in [-0.39, 0.29) is 23.1 Å². The van der Waals surface area contributed by atoms with Crippen molar-refractivity contribution in [3.8, 4) is 16.8 Å². The van der Waals surface area contributed by atoms with Crippen molar-refractivity contribution >= 4 is 73.0 Å². The largest absolute Gasteiger partial charge is 0.375 e. The zero-order chi connectivity index (χ0) is 40.3. The molecule has 0 fully saturated rings. The smallest absolute Gasteiger partial charge is 0.329 e. The van der Waals surface area contributed by atoms with Gasteiger partial charge in [-0.1, -0.05) is 152 Å². The number of nitrogens with zero attached hydrogens (tertiary/aromatic N) is 3. The van der Waals surface area contributed by atoms with Crippen molar-refractivity contribution in [1.29, 1.82) is 0 Å². The third-order valence-electron chi connectivity index (χ3n) is 14.0. The molecule has 0 saturated heterocycles. The highest BCUT2D eigenvalue weighted by atomic mass is 15.2. The van der Waals surface area contributed by atoms with Crippen LogP contribution in [0.25, 0.3) is 66.1 Å². The van der Waals surface area contributed by atoms with E-state index in [0.29, 0.717) is 0 Å². The Hall–Kier alpha value is -6.26. The van der Waals surface area contributed by atoms with Crippen molar-refractivity contribution in [3.05, 3.63) is 173 Å². The predicted molar refractivity (Wildman–Crippen MR) is 252 cm³/mol. The van der Waals surface area contributed by atoms with Gasteiger partial charge in [0.15, 0.2) is 0 Å². The van der Waals surface area contributed by atoms with Crippen LogP contribution in [0, 0.1) is 0 Å². The van der Waals surface area contributed by atoms with Crippen LogP contribution in [-0.4, -0.2) is 15.9 Å². The van der Waals surface area contributed by atoms with Crippen LogP contribution in [0.4, 0.5) is 11.4 Å². The SMILES string of the molecule is CC(C)(C)c1ccc(N2C3=C(B4c5c(cc(C(C)(C)C)cc52)-c2cc5c6ccccc6n(-c6ccccc6)c5c5c6ccccc6n4c25)C(C)(C)c2ccccc23)cc1. The number of aromatic nitrogens is 2. The molecule has 0 atom stereocenters. The lowest BCUT2D eigenvalue weighted by Crippen LogP contribution is -2.52. The third-order valence-corrected chi connectivity index (χ3v) is 14.0. The van der Waals surface area contributed by atoms with E-state index in [2.05, 4.69) is 215 Å². The Morgan fingerprint density at radius 1 is 0.508 bits per heavy atom. The van der Waals surface area contributed by atoms with Gasteiger partial charge in [-0.05, 0) is 92.5 Å². The molecule has 3 aliphatic rings. The van der Waals surface area contributed by atoms with Gasteiger partial charge in [0.1, 0.15) is 0 Å². The summed E-state index contributed by atoms with van der Waals surface area (Å²) in [4.78, 5) is 2.65. The number of hydrogen-bond donors (Lipinski definition) is 0. The molecule has 286 valence electrons. The van der Waals surface area contributed by atoms with Crippen LogP contribution in [-0.2, 0) is 16.2 Å². The molecule has 3 nitrogen and oxygen atoms in total. The molecule has 4 heteroatoms. The quantitative estimate of drug-likeness (QED) is 0.160. The summed E-state index contributed by atoms with van der Waals surface area (Å²) >= 11 is 0. The molecule has 4 heterocycles. The van der Waals surface area contributed by atoms with Gasteiger partial charge in [0.2, 0.25) is 0 Å². The fourth-order valence-corrected chi connectivity index (χ4v) is 11.2. The monoisotopic (exact) mass is 761 g/mol. The highest BCUT2D eigenvalue weighted by Crippen LogP contribution is 2.57. The van der Waals surface area contributed by atoms with Crippen LogP contribution in [0.3, 0.4) is 0 Å². The summed E-state index contributed by atoms with van der Waals surface area (Å²) < 4.78 is 5.29. The van der Waals surface area contributed by atoms with E-state index in [1.165, 1.54) is 111 Å². The summed E-state index contributed by atoms with van der Waals surface area (Å²) in [5, 5.41) is 5.21. The number of rotatable bonds is 2. The van der Waals surface area contributed by atoms with Crippen LogP contribution in [0.1, 0.15) is 77.6 Å². The van der Waals surface area contributed by atoms with E-state index in [1.54, 1.807) is 0 Å². The first kappa shape index (κ1) is 34.8. The fourth-order valence-electron chi connectivity index (χ4n) is 11.2. The van der Waals surface area contributed by atoms with Crippen molar-refractivity contribution < 1.29 is 0 Å². The van der Waals surface area contributed by atoms with Crippen LogP contribution in [0.15, 0.2) is 151 Å². The standard InChI is InChI=1S/C55H48BN3/c1-53(2,3)33-26-28-36(29-27-33)58-46-31-34(54(4,5)6)30-40-42-32-41-37-20-13-16-24-44(37)57(35-18-10-9-11-19-35)49(41)47-39-22-14-17-25-45(39)59(50(42)47)56(48(40)46)52-51(58)38-21-12-15-23-43(38)55(52,7)8/h9-32H,1-8H3. The van der Waals surface area contributed by atoms with Crippen molar-refractivity contribution in [2.24, 2.45) is 0 Å². The van der Waals surface area contributed by atoms with E-state index in [9.17, 15) is 0 Å². The molecule has 0 unspecified atom stereocenters. The lowest BCUT2D eigenvalue weighted by atomic mass is 9.40. The molecule has 0 saturated carbocycles. The van der Waals surface area contributed by atoms with Gasteiger partial charge in [0.25, 0.3) is 0 Å². The van der Waals surface area contributed by atoms with Crippen molar-refractivity contribution in [2.45, 2.75) is 71.6 Å². The molecule has 9 aromatic rings. The first-order valence-corrected chi connectivity index (χ1v) is 21.3. The van der Waals surface area contributed by atoms with Crippen molar-refractivity contribution in [1.82, 2.24) is 9.05 Å². The minimum absolute atomic E-state index is 0.0154. The van der Waals surface area contributed by atoms with E-state index in [0.717, 1.165) is 0 Å². The Kier molecular flexibility index (Phi) is 6.76. The first-order valence-electron chi connectivity index (χ1n) is 21.3. The summed E-state index contributed by atoms with van der Waals surface area (Å²) in [6.45, 7) is 19.0. The maximum atomic E-state index is 2.76. The molecule has 59 heavy (non-hydrogen) atoms. The van der Waals surface area contributed by atoms with E-state index < -0.39 is 0 Å². The Morgan fingerprint density at radius 2 is 1.15 bits per heavy atom. The maximum absolute atomic E-state index is 2.76. The van der Waals surface area contributed by atoms with Gasteiger partial charge in [-0.15, -0.1) is 0 Å². The van der Waals surface area contributed by atoms with Crippen LogP contribution in [0.2, 0.25) is 0 Å². The number of para-hydroxylation sites is 3. The summed E-state index contributed by atoms with van der Waals surface area (Å²) in [7, 11) is 0. The number of allylic oxidation sites excluding steroid dienone is 1. The normalized spacial score (nSPS) is 15.5. The zero-order valence-electron chi connectivity index (χ0n) is 35.3. The molecule has 12 rings (SSSR count). The van der Waals surface area contributed by atoms with Gasteiger partial charge in [-0.3, -0.25) is 0 Å². The fraction of sp³-hybridized carbons (Fsp3) is 0.200. The van der Waals surface area contributed by atoms with Gasteiger partial charge in [-0.2, -0.15) is 0 Å². The Bertz CT molecular complexity index is 3310. The number of fused-ring (bicyclic) bond motifs is 12. The van der Waals surface area contributed by atoms with Gasteiger partial charge < -0.3 is 13.9 Å². The Morgan fingerprint density at radius 3 is 1.88 bits per heavy atom. The molecule has 0 spiro atoms. The second-order valence-electron chi connectivity index (χ2n) is 19.8. The van der Waals surface area contributed by atoms with Gasteiger partial charge in [-0.25, -0.2) is 0 Å². The van der Waals surface area contributed by atoms with E-state index in [1.807, 2.05) is 0 Å². The molecule has 2 aliphatic heterocycles. The lowest BCUT2D eigenvalue weighted by Gasteiger charge is -2.43. The minimum Gasteiger partial charge on any atom is -0.375 e. The van der Waals surface area contributed by atoms with Crippen molar-refractivity contribution in [2.75, 3.05) is 4.90 Å². The second kappa shape index (κ2) is 11.5. The molecular formula is C55H48BN3. The molecule has 7 aromatic carbocycles. The summed E-state index contributed by atoms with van der Waals surface area (Å²) in [6.07, 6.45) is 0. The number of hydrogen-bond acceptors (Lipinski definition) is 1. The maximum Gasteiger partial charge on any atom is 0.329 e. The van der Waals surface area contributed by atoms with Gasteiger partial charge >= 0.3 is 6.85 Å². The highest BCUT2D eigenvalue weighted by Gasteiger charge is 2.53. The highest BCUT2D eigenvalue weighted by molar-refractivity contribution is 6.85. The topological polar surface area (TPSA) is 13.1 Å². The van der Waals surface area contributed by atoms with E-state index in [4.69, 9.17) is 0 Å². The lowest BCUT2D eigenvalue weighted by molar-refractivity contribution is 0.590. The molecule has 0 amide bonds.